The molecule has 5 heteroatoms. The molecule has 108 valence electrons. The lowest BCUT2D eigenvalue weighted by Gasteiger charge is -2.13. The first-order valence-corrected chi connectivity index (χ1v) is 6.82. The van der Waals surface area contributed by atoms with Gasteiger partial charge >= 0.3 is 0 Å². The van der Waals surface area contributed by atoms with Crippen molar-refractivity contribution in [2.75, 3.05) is 24.3 Å². The molecule has 0 bridgehead atoms. The van der Waals surface area contributed by atoms with E-state index in [0.717, 1.165) is 24.5 Å². The van der Waals surface area contributed by atoms with Crippen molar-refractivity contribution >= 4 is 17.2 Å². The van der Waals surface area contributed by atoms with Crippen LogP contribution >= 0.6 is 0 Å². The number of hydrogen-bond donors (Lipinski definition) is 2. The molecular formula is C16H18N4O. The molecule has 0 unspecified atom stereocenters. The minimum absolute atomic E-state index is 0.536. The van der Waals surface area contributed by atoms with Crippen LogP contribution in [0.2, 0.25) is 0 Å². The van der Waals surface area contributed by atoms with Crippen molar-refractivity contribution in [2.45, 2.75) is 13.3 Å². The fourth-order valence-electron chi connectivity index (χ4n) is 1.93. The molecule has 1 heterocycles. The number of rotatable bonds is 6. The average Bonchev–Trinajstić information content (AvgIpc) is 2.53. The van der Waals surface area contributed by atoms with E-state index in [2.05, 4.69) is 28.6 Å². The predicted molar refractivity (Wildman–Crippen MR) is 84.0 cm³/mol. The van der Waals surface area contributed by atoms with Crippen LogP contribution in [0.5, 0.6) is 5.75 Å². The van der Waals surface area contributed by atoms with E-state index >= 15 is 0 Å². The maximum atomic E-state index is 9.22. The van der Waals surface area contributed by atoms with Gasteiger partial charge in [-0.2, -0.15) is 5.26 Å². The number of para-hydroxylation sites is 1. The lowest BCUT2D eigenvalue weighted by atomic mass is 10.1. The number of ether oxygens (including phenoxy) is 1. The highest BCUT2D eigenvalue weighted by atomic mass is 16.5. The van der Waals surface area contributed by atoms with Crippen LogP contribution in [0, 0.1) is 11.3 Å². The third kappa shape index (κ3) is 3.63. The lowest BCUT2D eigenvalue weighted by Crippen LogP contribution is -2.03. The Hall–Kier alpha value is -2.74. The van der Waals surface area contributed by atoms with Crippen molar-refractivity contribution in [2.24, 2.45) is 0 Å². The first-order chi connectivity index (χ1) is 10.3. The van der Waals surface area contributed by atoms with Gasteiger partial charge in [-0.15, -0.1) is 0 Å². The monoisotopic (exact) mass is 282 g/mol. The number of nitriles is 1. The number of nitrogens with one attached hydrogen (secondary N) is 2. The molecule has 2 aromatic rings. The predicted octanol–water partition coefficient (Wildman–Crippen LogP) is 3.53. The van der Waals surface area contributed by atoms with E-state index in [4.69, 9.17) is 4.74 Å². The van der Waals surface area contributed by atoms with Crippen molar-refractivity contribution in [3.05, 3.63) is 42.1 Å². The molecule has 0 aliphatic carbocycles. The van der Waals surface area contributed by atoms with E-state index < -0.39 is 0 Å². The summed E-state index contributed by atoms with van der Waals surface area (Å²) in [7, 11) is 1.59. The highest BCUT2D eigenvalue weighted by molar-refractivity contribution is 5.73. The topological polar surface area (TPSA) is 70.0 Å². The van der Waals surface area contributed by atoms with Crippen LogP contribution in [-0.4, -0.2) is 18.6 Å². The van der Waals surface area contributed by atoms with E-state index in [0.29, 0.717) is 17.0 Å². The summed E-state index contributed by atoms with van der Waals surface area (Å²) in [6.07, 6.45) is 2.76. The molecular weight excluding hydrogens is 264 g/mol. The van der Waals surface area contributed by atoms with Crippen LogP contribution in [-0.2, 0) is 0 Å². The molecule has 5 nitrogen and oxygen atoms in total. The van der Waals surface area contributed by atoms with Gasteiger partial charge in [0, 0.05) is 24.5 Å². The Morgan fingerprint density at radius 3 is 2.90 bits per heavy atom. The number of anilines is 3. The van der Waals surface area contributed by atoms with Gasteiger partial charge in [-0.3, -0.25) is 0 Å². The van der Waals surface area contributed by atoms with Crippen LogP contribution in [0.25, 0.3) is 0 Å². The van der Waals surface area contributed by atoms with Gasteiger partial charge < -0.3 is 15.4 Å². The molecule has 0 radical (unpaired) electrons. The first kappa shape index (κ1) is 14.7. The average molecular weight is 282 g/mol. The van der Waals surface area contributed by atoms with E-state index in [1.54, 1.807) is 25.4 Å². The molecule has 0 aliphatic heterocycles. The Morgan fingerprint density at radius 1 is 1.33 bits per heavy atom. The summed E-state index contributed by atoms with van der Waals surface area (Å²) in [5.74, 6) is 1.43. The first-order valence-electron chi connectivity index (χ1n) is 6.82. The second kappa shape index (κ2) is 7.15. The van der Waals surface area contributed by atoms with Crippen LogP contribution < -0.4 is 15.4 Å². The molecule has 0 aliphatic rings. The van der Waals surface area contributed by atoms with Gasteiger partial charge in [0.05, 0.1) is 18.4 Å². The zero-order valence-corrected chi connectivity index (χ0v) is 12.2. The number of hydrogen-bond acceptors (Lipinski definition) is 5. The molecule has 0 spiro atoms. The number of aromatic nitrogens is 1. The molecule has 21 heavy (non-hydrogen) atoms. The number of pyridine rings is 1. The number of benzene rings is 1. The summed E-state index contributed by atoms with van der Waals surface area (Å²) in [6.45, 7) is 2.97. The van der Waals surface area contributed by atoms with Gasteiger partial charge in [-0.1, -0.05) is 13.0 Å². The third-order valence-corrected chi connectivity index (χ3v) is 2.95. The van der Waals surface area contributed by atoms with Gasteiger partial charge in [0.15, 0.2) is 0 Å². The molecule has 1 aromatic carbocycles. The standard InChI is InChI=1S/C16H18N4O/c1-3-8-18-15-10-13(7-9-19-15)20-16-12(11-17)5-4-6-14(16)21-2/h4-7,9-10H,3,8H2,1-2H3,(H2,18,19,20). The van der Waals surface area contributed by atoms with Gasteiger partial charge in [-0.05, 0) is 24.6 Å². The highest BCUT2D eigenvalue weighted by Gasteiger charge is 2.09. The molecule has 2 rings (SSSR count). The summed E-state index contributed by atoms with van der Waals surface area (Å²) < 4.78 is 5.31. The van der Waals surface area contributed by atoms with Crippen molar-refractivity contribution in [1.29, 1.82) is 5.26 Å². The zero-order chi connectivity index (χ0) is 15.1. The van der Waals surface area contributed by atoms with Crippen molar-refractivity contribution < 1.29 is 4.74 Å². The molecule has 0 saturated heterocycles. The summed E-state index contributed by atoms with van der Waals surface area (Å²) in [5.41, 5.74) is 2.05. The zero-order valence-electron chi connectivity index (χ0n) is 12.2. The fourth-order valence-corrected chi connectivity index (χ4v) is 1.93. The van der Waals surface area contributed by atoms with Crippen molar-refractivity contribution in [1.82, 2.24) is 4.98 Å². The Morgan fingerprint density at radius 2 is 2.19 bits per heavy atom. The summed E-state index contributed by atoms with van der Waals surface area (Å²) in [5, 5.41) is 15.7. The second-order valence-corrected chi connectivity index (χ2v) is 4.48. The van der Waals surface area contributed by atoms with E-state index in [1.165, 1.54) is 0 Å². The fraction of sp³-hybridized carbons (Fsp3) is 0.250. The maximum Gasteiger partial charge on any atom is 0.143 e. The smallest absolute Gasteiger partial charge is 0.143 e. The van der Waals surface area contributed by atoms with Gasteiger partial charge in [0.2, 0.25) is 0 Å². The maximum absolute atomic E-state index is 9.22. The normalized spacial score (nSPS) is 9.76. The molecule has 0 fully saturated rings. The Labute approximate surface area is 124 Å². The summed E-state index contributed by atoms with van der Waals surface area (Å²) in [6, 6.07) is 11.3. The quantitative estimate of drug-likeness (QED) is 0.848. The van der Waals surface area contributed by atoms with Crippen molar-refractivity contribution in [3.63, 3.8) is 0 Å². The Bertz CT molecular complexity index is 649. The van der Waals surface area contributed by atoms with Crippen LogP contribution in [0.1, 0.15) is 18.9 Å². The van der Waals surface area contributed by atoms with Gasteiger partial charge in [0.1, 0.15) is 17.6 Å². The largest absolute Gasteiger partial charge is 0.495 e. The third-order valence-electron chi connectivity index (χ3n) is 2.95. The molecule has 0 saturated carbocycles. The SMILES string of the molecule is CCCNc1cc(Nc2c(C#N)cccc2OC)ccn1. The molecule has 2 N–H and O–H groups in total. The molecule has 0 amide bonds. The minimum atomic E-state index is 0.536. The summed E-state index contributed by atoms with van der Waals surface area (Å²) in [4.78, 5) is 4.26. The van der Waals surface area contributed by atoms with Crippen molar-refractivity contribution in [3.8, 4) is 11.8 Å². The van der Waals surface area contributed by atoms with E-state index in [9.17, 15) is 5.26 Å². The number of methoxy groups -OCH3 is 1. The second-order valence-electron chi connectivity index (χ2n) is 4.48. The highest BCUT2D eigenvalue weighted by Crippen LogP contribution is 2.31. The van der Waals surface area contributed by atoms with Crippen LogP contribution in [0.15, 0.2) is 36.5 Å². The van der Waals surface area contributed by atoms with Crippen LogP contribution in [0.4, 0.5) is 17.2 Å². The minimum Gasteiger partial charge on any atom is -0.495 e. The van der Waals surface area contributed by atoms with Crippen LogP contribution in [0.3, 0.4) is 0 Å². The number of nitrogens with zero attached hydrogens (tertiary/aromatic N) is 2. The van der Waals surface area contributed by atoms with Gasteiger partial charge in [-0.25, -0.2) is 4.98 Å². The summed E-state index contributed by atoms with van der Waals surface area (Å²) >= 11 is 0. The lowest BCUT2D eigenvalue weighted by molar-refractivity contribution is 0.416. The Balaban J connectivity index is 2.28. The molecule has 1 aromatic heterocycles. The van der Waals surface area contributed by atoms with E-state index in [1.807, 2.05) is 18.2 Å². The van der Waals surface area contributed by atoms with Gasteiger partial charge in [0.25, 0.3) is 0 Å². The molecule has 0 atom stereocenters. The van der Waals surface area contributed by atoms with E-state index in [-0.39, 0.29) is 0 Å². The Kier molecular flexibility index (Phi) is 4.99.